The van der Waals surface area contributed by atoms with Gasteiger partial charge in [-0.25, -0.2) is 0 Å². The van der Waals surface area contributed by atoms with E-state index in [1.807, 2.05) is 54.3 Å². The van der Waals surface area contributed by atoms with E-state index in [0.29, 0.717) is 18.5 Å². The number of halogens is 1. The molecule has 6 heteroatoms. The zero-order valence-electron chi connectivity index (χ0n) is 14.3. The summed E-state index contributed by atoms with van der Waals surface area (Å²) in [5, 5.41) is 8.26. The molecular formula is C19H24ClN3O2. The lowest BCUT2D eigenvalue weighted by Crippen LogP contribution is -2.52. The second-order valence-electron chi connectivity index (χ2n) is 6.21. The molecule has 1 aliphatic heterocycles. The molecule has 1 atom stereocenters. The van der Waals surface area contributed by atoms with E-state index in [1.54, 1.807) is 0 Å². The summed E-state index contributed by atoms with van der Waals surface area (Å²) in [4.78, 5) is 26.4. The number of rotatable bonds is 4. The van der Waals surface area contributed by atoms with Crippen LogP contribution in [0, 0.1) is 0 Å². The van der Waals surface area contributed by atoms with Crippen LogP contribution in [-0.2, 0) is 4.79 Å². The number of carbonyl (C=O) groups excluding carboxylic acids is 2. The SMILES string of the molecule is CC1CNCCN1C(=O)CCNC(=O)c1ccc2ccccc2c1.Cl. The minimum atomic E-state index is -0.137. The molecule has 0 aromatic heterocycles. The van der Waals surface area contributed by atoms with Crippen molar-refractivity contribution in [1.29, 1.82) is 0 Å². The summed E-state index contributed by atoms with van der Waals surface area (Å²) in [6.07, 6.45) is 0.337. The summed E-state index contributed by atoms with van der Waals surface area (Å²) in [7, 11) is 0. The van der Waals surface area contributed by atoms with Crippen LogP contribution in [0.2, 0.25) is 0 Å². The first kappa shape index (κ1) is 19.2. The van der Waals surface area contributed by atoms with Crippen LogP contribution in [0.15, 0.2) is 42.5 Å². The number of amides is 2. The quantitative estimate of drug-likeness (QED) is 0.877. The highest BCUT2D eigenvalue weighted by atomic mass is 35.5. The lowest BCUT2D eigenvalue weighted by atomic mass is 10.1. The third-order valence-electron chi connectivity index (χ3n) is 4.46. The average Bonchev–Trinajstić information content (AvgIpc) is 2.61. The molecule has 1 heterocycles. The summed E-state index contributed by atoms with van der Waals surface area (Å²) in [5.74, 6) is -0.0373. The van der Waals surface area contributed by atoms with Gasteiger partial charge < -0.3 is 15.5 Å². The number of nitrogens with zero attached hydrogens (tertiary/aromatic N) is 1. The molecule has 2 aromatic carbocycles. The molecule has 1 unspecified atom stereocenters. The van der Waals surface area contributed by atoms with Crippen LogP contribution in [0.25, 0.3) is 10.8 Å². The lowest BCUT2D eigenvalue weighted by molar-refractivity contribution is -0.133. The molecule has 5 nitrogen and oxygen atoms in total. The van der Waals surface area contributed by atoms with Crippen molar-refractivity contribution in [3.05, 3.63) is 48.0 Å². The first-order valence-corrected chi connectivity index (χ1v) is 8.42. The second kappa shape index (κ2) is 8.83. The summed E-state index contributed by atoms with van der Waals surface area (Å²) in [6, 6.07) is 13.8. The number of hydrogen-bond acceptors (Lipinski definition) is 3. The van der Waals surface area contributed by atoms with Gasteiger partial charge in [0.15, 0.2) is 0 Å². The van der Waals surface area contributed by atoms with Crippen molar-refractivity contribution in [3.63, 3.8) is 0 Å². The zero-order valence-corrected chi connectivity index (χ0v) is 15.1. The molecule has 25 heavy (non-hydrogen) atoms. The summed E-state index contributed by atoms with van der Waals surface area (Å²) in [6.45, 7) is 4.80. The Bertz CT molecular complexity index is 750. The fourth-order valence-electron chi connectivity index (χ4n) is 3.07. The molecule has 2 aromatic rings. The van der Waals surface area contributed by atoms with Gasteiger partial charge in [-0.2, -0.15) is 0 Å². The van der Waals surface area contributed by atoms with E-state index in [1.165, 1.54) is 0 Å². The van der Waals surface area contributed by atoms with E-state index >= 15 is 0 Å². The third-order valence-corrected chi connectivity index (χ3v) is 4.46. The van der Waals surface area contributed by atoms with Crippen LogP contribution in [0.1, 0.15) is 23.7 Å². The minimum Gasteiger partial charge on any atom is -0.352 e. The normalized spacial score (nSPS) is 17.0. The Morgan fingerprint density at radius 2 is 1.96 bits per heavy atom. The van der Waals surface area contributed by atoms with Gasteiger partial charge in [-0.05, 0) is 29.8 Å². The maximum atomic E-state index is 12.3. The molecule has 1 saturated heterocycles. The van der Waals surface area contributed by atoms with E-state index in [0.717, 1.165) is 30.4 Å². The van der Waals surface area contributed by atoms with Gasteiger partial charge in [-0.3, -0.25) is 9.59 Å². The Labute approximate surface area is 154 Å². The van der Waals surface area contributed by atoms with Crippen molar-refractivity contribution in [2.45, 2.75) is 19.4 Å². The highest BCUT2D eigenvalue weighted by molar-refractivity contribution is 5.98. The largest absolute Gasteiger partial charge is 0.352 e. The first-order chi connectivity index (χ1) is 11.6. The zero-order chi connectivity index (χ0) is 16.9. The molecule has 2 N–H and O–H groups in total. The van der Waals surface area contributed by atoms with Crippen molar-refractivity contribution in [2.24, 2.45) is 0 Å². The van der Waals surface area contributed by atoms with Gasteiger partial charge in [0.25, 0.3) is 5.91 Å². The maximum Gasteiger partial charge on any atom is 0.251 e. The topological polar surface area (TPSA) is 61.4 Å². The molecule has 1 fully saturated rings. The van der Waals surface area contributed by atoms with E-state index in [9.17, 15) is 9.59 Å². The van der Waals surface area contributed by atoms with Crippen molar-refractivity contribution >= 4 is 35.0 Å². The second-order valence-corrected chi connectivity index (χ2v) is 6.21. The average molecular weight is 362 g/mol. The summed E-state index contributed by atoms with van der Waals surface area (Å²) in [5.41, 5.74) is 0.622. The van der Waals surface area contributed by atoms with Crippen molar-refractivity contribution in [2.75, 3.05) is 26.2 Å². The standard InChI is InChI=1S/C19H23N3O2.ClH/c1-14-13-20-10-11-22(14)18(23)8-9-21-19(24)17-7-6-15-4-2-3-5-16(15)12-17;/h2-7,12,14,20H,8-11,13H2,1H3,(H,21,24);1H. The number of benzene rings is 2. The van der Waals surface area contributed by atoms with Crippen LogP contribution in [-0.4, -0.2) is 48.9 Å². The molecule has 0 bridgehead atoms. The monoisotopic (exact) mass is 361 g/mol. The molecule has 0 radical (unpaired) electrons. The van der Waals surface area contributed by atoms with Gasteiger partial charge in [0, 0.05) is 44.2 Å². The number of nitrogens with one attached hydrogen (secondary N) is 2. The van der Waals surface area contributed by atoms with Gasteiger partial charge in [0.05, 0.1) is 0 Å². The molecule has 3 rings (SSSR count). The summed E-state index contributed by atoms with van der Waals surface area (Å²) < 4.78 is 0. The van der Waals surface area contributed by atoms with Gasteiger partial charge in [0.2, 0.25) is 5.91 Å². The van der Waals surface area contributed by atoms with Gasteiger partial charge in [-0.15, -0.1) is 12.4 Å². The number of carbonyl (C=O) groups is 2. The first-order valence-electron chi connectivity index (χ1n) is 8.42. The fourth-order valence-corrected chi connectivity index (χ4v) is 3.07. The highest BCUT2D eigenvalue weighted by Crippen LogP contribution is 2.15. The predicted molar refractivity (Wildman–Crippen MR) is 102 cm³/mol. The molecule has 2 amide bonds. The Morgan fingerprint density at radius 1 is 1.20 bits per heavy atom. The van der Waals surface area contributed by atoms with E-state index in [-0.39, 0.29) is 30.3 Å². The van der Waals surface area contributed by atoms with Crippen molar-refractivity contribution in [1.82, 2.24) is 15.5 Å². The van der Waals surface area contributed by atoms with E-state index < -0.39 is 0 Å². The number of piperazine rings is 1. The molecule has 0 saturated carbocycles. The lowest BCUT2D eigenvalue weighted by Gasteiger charge is -2.34. The Morgan fingerprint density at radius 3 is 2.72 bits per heavy atom. The molecule has 134 valence electrons. The Hall–Kier alpha value is -2.11. The van der Waals surface area contributed by atoms with Gasteiger partial charge in [-0.1, -0.05) is 30.3 Å². The molecule has 0 spiro atoms. The van der Waals surface area contributed by atoms with Crippen LogP contribution in [0.5, 0.6) is 0 Å². The van der Waals surface area contributed by atoms with Crippen LogP contribution in [0.4, 0.5) is 0 Å². The van der Waals surface area contributed by atoms with Crippen LogP contribution in [0.3, 0.4) is 0 Å². The van der Waals surface area contributed by atoms with Gasteiger partial charge >= 0.3 is 0 Å². The summed E-state index contributed by atoms with van der Waals surface area (Å²) >= 11 is 0. The Balaban J connectivity index is 0.00000225. The van der Waals surface area contributed by atoms with Crippen LogP contribution < -0.4 is 10.6 Å². The van der Waals surface area contributed by atoms with Crippen molar-refractivity contribution in [3.8, 4) is 0 Å². The van der Waals surface area contributed by atoms with Crippen molar-refractivity contribution < 1.29 is 9.59 Å². The molecular weight excluding hydrogens is 338 g/mol. The molecule has 0 aliphatic carbocycles. The van der Waals surface area contributed by atoms with Crippen LogP contribution >= 0.6 is 12.4 Å². The number of hydrogen-bond donors (Lipinski definition) is 2. The molecule has 1 aliphatic rings. The Kier molecular flexibility index (Phi) is 6.79. The minimum absolute atomic E-state index is 0. The highest BCUT2D eigenvalue weighted by Gasteiger charge is 2.22. The fraction of sp³-hybridized carbons (Fsp3) is 0.368. The predicted octanol–water partition coefficient (Wildman–Crippen LogP) is 2.20. The van der Waals surface area contributed by atoms with Gasteiger partial charge in [0.1, 0.15) is 0 Å². The maximum absolute atomic E-state index is 12.3. The smallest absolute Gasteiger partial charge is 0.251 e. The van der Waals surface area contributed by atoms with E-state index in [4.69, 9.17) is 0 Å². The van der Waals surface area contributed by atoms with E-state index in [2.05, 4.69) is 10.6 Å². The third kappa shape index (κ3) is 4.71. The number of fused-ring (bicyclic) bond motifs is 1.